The van der Waals surface area contributed by atoms with Crippen molar-refractivity contribution in [1.29, 1.82) is 0 Å². The smallest absolute Gasteiger partial charge is 0.338 e. The third-order valence-electron chi connectivity index (χ3n) is 8.20. The molecule has 10 heteroatoms. The van der Waals surface area contributed by atoms with Crippen molar-refractivity contribution in [3.8, 4) is 0 Å². The van der Waals surface area contributed by atoms with Gasteiger partial charge in [0.25, 0.3) is 0 Å². The monoisotopic (exact) mass is 703 g/mol. The number of hydrogen-bond donors (Lipinski definition) is 3. The van der Waals surface area contributed by atoms with Gasteiger partial charge in [-0.05, 0) is 95.9 Å². The molecule has 0 aromatic heterocycles. The molecule has 1 fully saturated rings. The Morgan fingerprint density at radius 2 is 1.61 bits per heavy atom. The van der Waals surface area contributed by atoms with Crippen LogP contribution < -0.4 is 16.4 Å². The van der Waals surface area contributed by atoms with Gasteiger partial charge in [0.05, 0.1) is 46.6 Å². The predicted octanol–water partition coefficient (Wildman–Crippen LogP) is 9.01. The van der Waals surface area contributed by atoms with Crippen LogP contribution in [-0.2, 0) is 27.2 Å². The SMILES string of the molecule is CCC1(NCc2cc(C(=O)OCCCCCOC(=O)Cc3ccccc3Nc3c(Cl)cccc3Cl)cc(Br)c2N)CCCC1. The molecule has 0 unspecified atom stereocenters. The molecule has 7 nitrogen and oxygen atoms in total. The highest BCUT2D eigenvalue weighted by molar-refractivity contribution is 9.10. The normalized spacial score (nSPS) is 13.9. The molecule has 3 aromatic rings. The Morgan fingerprint density at radius 3 is 2.32 bits per heavy atom. The van der Waals surface area contributed by atoms with E-state index >= 15 is 0 Å². The molecule has 0 saturated heterocycles. The minimum absolute atomic E-state index is 0.108. The van der Waals surface area contributed by atoms with E-state index < -0.39 is 0 Å². The van der Waals surface area contributed by atoms with Gasteiger partial charge < -0.3 is 25.8 Å². The molecule has 0 spiro atoms. The second-order valence-corrected chi connectivity index (χ2v) is 12.9. The zero-order chi connectivity index (χ0) is 31.5. The van der Waals surface area contributed by atoms with E-state index in [1.807, 2.05) is 30.3 Å². The maximum atomic E-state index is 12.8. The number of anilines is 3. The molecule has 0 radical (unpaired) electrons. The Bertz CT molecular complexity index is 1430. The summed E-state index contributed by atoms with van der Waals surface area (Å²) in [7, 11) is 0. The number of hydrogen-bond acceptors (Lipinski definition) is 7. The van der Waals surface area contributed by atoms with Crippen molar-refractivity contribution in [3.63, 3.8) is 0 Å². The molecule has 1 saturated carbocycles. The number of benzene rings is 3. The van der Waals surface area contributed by atoms with Gasteiger partial charge in [-0.3, -0.25) is 4.79 Å². The Hall–Kier alpha value is -2.78. The molecule has 4 N–H and O–H groups in total. The predicted molar refractivity (Wildman–Crippen MR) is 182 cm³/mol. The fourth-order valence-corrected chi connectivity index (χ4v) is 6.49. The summed E-state index contributed by atoms with van der Waals surface area (Å²) in [4.78, 5) is 25.3. The highest BCUT2D eigenvalue weighted by atomic mass is 79.9. The molecule has 0 amide bonds. The number of nitrogen functional groups attached to an aromatic ring is 1. The third-order valence-corrected chi connectivity index (χ3v) is 9.49. The van der Waals surface area contributed by atoms with Crippen LogP contribution in [0.15, 0.2) is 59.1 Å². The topological polar surface area (TPSA) is 103 Å². The van der Waals surface area contributed by atoms with Crippen molar-refractivity contribution in [2.45, 2.75) is 76.8 Å². The summed E-state index contributed by atoms with van der Waals surface area (Å²) in [6.45, 7) is 3.40. The number of ether oxygens (including phenoxy) is 2. The summed E-state index contributed by atoms with van der Waals surface area (Å²) in [5, 5.41) is 7.91. The van der Waals surface area contributed by atoms with Crippen LogP contribution in [-0.4, -0.2) is 30.7 Å². The number of carbonyl (C=O) groups excluding carboxylic acids is 2. The standard InChI is InChI=1S/C34H40BrCl2N3O4/c1-2-34(15-6-7-16-34)39-22-25-19-24(20-26(35)31(25)38)33(42)44-18-9-3-8-17-43-30(41)21-23-11-4-5-14-29(23)40-32-27(36)12-10-13-28(32)37/h4-5,10-14,19-20,39-40H,2-3,6-9,15-18,21-22,38H2,1H3. The molecule has 236 valence electrons. The quantitative estimate of drug-likeness (QED) is 0.0824. The number of para-hydroxylation sites is 2. The first-order valence-electron chi connectivity index (χ1n) is 15.2. The maximum absolute atomic E-state index is 12.8. The van der Waals surface area contributed by atoms with Gasteiger partial charge in [-0.15, -0.1) is 0 Å². The van der Waals surface area contributed by atoms with Gasteiger partial charge in [-0.2, -0.15) is 0 Å². The summed E-state index contributed by atoms with van der Waals surface area (Å²) < 4.78 is 11.7. The van der Waals surface area contributed by atoms with E-state index in [-0.39, 0.29) is 30.5 Å². The average molecular weight is 706 g/mol. The van der Waals surface area contributed by atoms with Crippen LogP contribution in [0.1, 0.15) is 79.8 Å². The average Bonchev–Trinajstić information content (AvgIpc) is 3.49. The van der Waals surface area contributed by atoms with Crippen molar-refractivity contribution in [2.24, 2.45) is 0 Å². The largest absolute Gasteiger partial charge is 0.465 e. The maximum Gasteiger partial charge on any atom is 0.338 e. The zero-order valence-corrected chi connectivity index (χ0v) is 28.1. The summed E-state index contributed by atoms with van der Waals surface area (Å²) in [5.74, 6) is -0.706. The molecular weight excluding hydrogens is 665 g/mol. The summed E-state index contributed by atoms with van der Waals surface area (Å²) >= 11 is 16.1. The second kappa shape index (κ2) is 16.5. The van der Waals surface area contributed by atoms with Crippen LogP contribution in [0.3, 0.4) is 0 Å². The van der Waals surface area contributed by atoms with Crippen molar-refractivity contribution in [2.75, 3.05) is 24.3 Å². The van der Waals surface area contributed by atoms with E-state index in [4.69, 9.17) is 38.4 Å². The molecule has 44 heavy (non-hydrogen) atoms. The van der Waals surface area contributed by atoms with Crippen LogP contribution in [0, 0.1) is 0 Å². The Balaban J connectivity index is 1.17. The number of esters is 2. The summed E-state index contributed by atoms with van der Waals surface area (Å²) in [5.41, 5.74) is 10.6. The van der Waals surface area contributed by atoms with E-state index in [2.05, 4.69) is 33.5 Å². The van der Waals surface area contributed by atoms with Crippen molar-refractivity contribution in [3.05, 3.63) is 85.8 Å². The lowest BCUT2D eigenvalue weighted by Gasteiger charge is -2.29. The molecule has 4 rings (SSSR count). The zero-order valence-electron chi connectivity index (χ0n) is 25.0. The van der Waals surface area contributed by atoms with Crippen LogP contribution in [0.4, 0.5) is 17.1 Å². The number of carbonyl (C=O) groups is 2. The van der Waals surface area contributed by atoms with E-state index in [9.17, 15) is 9.59 Å². The molecule has 0 bridgehead atoms. The van der Waals surface area contributed by atoms with Gasteiger partial charge in [0.1, 0.15) is 0 Å². The number of unbranched alkanes of at least 4 members (excludes halogenated alkanes) is 2. The molecule has 3 aromatic carbocycles. The molecule has 0 atom stereocenters. The second-order valence-electron chi connectivity index (χ2n) is 11.2. The lowest BCUT2D eigenvalue weighted by atomic mass is 9.93. The molecular formula is C34H40BrCl2N3O4. The van der Waals surface area contributed by atoms with Gasteiger partial charge in [0, 0.05) is 22.2 Å². The van der Waals surface area contributed by atoms with Gasteiger partial charge >= 0.3 is 11.9 Å². The Labute approximate surface area is 278 Å². The minimum Gasteiger partial charge on any atom is -0.465 e. The van der Waals surface area contributed by atoms with Gasteiger partial charge in [0.2, 0.25) is 0 Å². The van der Waals surface area contributed by atoms with Crippen LogP contribution in [0.5, 0.6) is 0 Å². The van der Waals surface area contributed by atoms with Crippen LogP contribution >= 0.6 is 39.1 Å². The fourth-order valence-electron chi connectivity index (χ4n) is 5.50. The Morgan fingerprint density at radius 1 is 0.932 bits per heavy atom. The third kappa shape index (κ3) is 9.36. The van der Waals surface area contributed by atoms with Gasteiger partial charge in [-0.25, -0.2) is 4.79 Å². The first kappa shape index (κ1) is 34.1. The highest BCUT2D eigenvalue weighted by Gasteiger charge is 2.31. The summed E-state index contributed by atoms with van der Waals surface area (Å²) in [6.07, 6.45) is 8.07. The minimum atomic E-state index is -0.380. The lowest BCUT2D eigenvalue weighted by molar-refractivity contribution is -0.142. The number of rotatable bonds is 15. The number of nitrogens with one attached hydrogen (secondary N) is 2. The fraction of sp³-hybridized carbons (Fsp3) is 0.412. The van der Waals surface area contributed by atoms with Gasteiger partial charge in [0.15, 0.2) is 0 Å². The van der Waals surface area contributed by atoms with Crippen molar-refractivity contribution in [1.82, 2.24) is 5.32 Å². The van der Waals surface area contributed by atoms with Crippen molar-refractivity contribution >= 4 is 68.1 Å². The van der Waals surface area contributed by atoms with E-state index in [1.54, 1.807) is 24.3 Å². The summed E-state index contributed by atoms with van der Waals surface area (Å²) in [6, 6.07) is 16.3. The first-order chi connectivity index (χ1) is 21.2. The van der Waals surface area contributed by atoms with Crippen LogP contribution in [0.25, 0.3) is 0 Å². The van der Waals surface area contributed by atoms with Crippen LogP contribution in [0.2, 0.25) is 10.0 Å². The van der Waals surface area contributed by atoms with E-state index in [1.165, 1.54) is 12.8 Å². The molecule has 0 aliphatic heterocycles. The van der Waals surface area contributed by atoms with E-state index in [0.29, 0.717) is 57.4 Å². The van der Waals surface area contributed by atoms with E-state index in [0.717, 1.165) is 42.5 Å². The molecule has 1 aliphatic carbocycles. The molecule has 1 aliphatic rings. The lowest BCUT2D eigenvalue weighted by Crippen LogP contribution is -2.41. The van der Waals surface area contributed by atoms with Crippen molar-refractivity contribution < 1.29 is 19.1 Å². The highest BCUT2D eigenvalue weighted by Crippen LogP contribution is 2.35. The molecule has 0 heterocycles. The number of halogens is 3. The Kier molecular flexibility index (Phi) is 12.8. The number of nitrogens with two attached hydrogens (primary N) is 1. The van der Waals surface area contributed by atoms with Gasteiger partial charge in [-0.1, -0.05) is 67.2 Å². The first-order valence-corrected chi connectivity index (χ1v) is 16.7.